The van der Waals surface area contributed by atoms with Gasteiger partial charge in [0.1, 0.15) is 0 Å². The van der Waals surface area contributed by atoms with Gasteiger partial charge in [-0.1, -0.05) is 20.3 Å². The second kappa shape index (κ2) is 5.58. The molecule has 0 aromatic rings. The molecule has 2 aliphatic heterocycles. The van der Waals surface area contributed by atoms with Gasteiger partial charge in [-0.3, -0.25) is 9.80 Å². The molecule has 0 amide bonds. The minimum Gasteiger partial charge on any atom is -0.378 e. The second-order valence-corrected chi connectivity index (χ2v) is 7.71. The van der Waals surface area contributed by atoms with Crippen LogP contribution in [0, 0.1) is 5.41 Å². The lowest BCUT2D eigenvalue weighted by molar-refractivity contribution is -0.170. The molecule has 1 saturated carbocycles. The summed E-state index contributed by atoms with van der Waals surface area (Å²) < 4.78 is 5.92. The summed E-state index contributed by atoms with van der Waals surface area (Å²) in [4.78, 5) is 5.55. The highest BCUT2D eigenvalue weighted by molar-refractivity contribution is 5.06. The fourth-order valence-corrected chi connectivity index (χ4v) is 4.72. The number of nitrogens with zero attached hydrogens (tertiary/aromatic N) is 2. The Bertz CT molecular complexity index is 344. The largest absolute Gasteiger partial charge is 0.378 e. The van der Waals surface area contributed by atoms with Gasteiger partial charge in [0.2, 0.25) is 0 Å². The first-order valence-corrected chi connectivity index (χ1v) is 8.65. The summed E-state index contributed by atoms with van der Waals surface area (Å²) in [5.74, 6) is 0. The molecule has 0 bridgehead atoms. The van der Waals surface area contributed by atoms with Crippen LogP contribution in [0.1, 0.15) is 53.4 Å². The smallest absolute Gasteiger partial charge is 0.0655 e. The Kier molecular flexibility index (Phi) is 4.13. The second-order valence-electron chi connectivity index (χ2n) is 7.71. The number of piperidine rings is 1. The molecular weight excluding hydrogens is 248 g/mol. The zero-order chi connectivity index (χ0) is 14.3. The number of piperazine rings is 1. The monoisotopic (exact) mass is 280 g/mol. The Morgan fingerprint density at radius 3 is 2.70 bits per heavy atom. The summed E-state index contributed by atoms with van der Waals surface area (Å²) in [6.07, 6.45) is 5.95. The molecule has 0 aromatic heterocycles. The summed E-state index contributed by atoms with van der Waals surface area (Å²) in [6, 6.07) is 2.25. The van der Waals surface area contributed by atoms with Gasteiger partial charge in [-0.25, -0.2) is 0 Å². The number of hydrogen-bond donors (Lipinski definition) is 0. The maximum absolute atomic E-state index is 5.92. The molecule has 116 valence electrons. The Morgan fingerprint density at radius 1 is 1.20 bits per heavy atom. The molecule has 20 heavy (non-hydrogen) atoms. The number of fused-ring (bicyclic) bond motifs is 1. The van der Waals surface area contributed by atoms with Crippen molar-refractivity contribution in [3.63, 3.8) is 0 Å². The lowest BCUT2D eigenvalue weighted by Gasteiger charge is -2.60. The molecular formula is C17H32N2O. The molecule has 0 N–H and O–H groups in total. The predicted octanol–water partition coefficient (Wildman–Crippen LogP) is 2.75. The van der Waals surface area contributed by atoms with E-state index in [1.165, 1.54) is 45.3 Å². The highest BCUT2D eigenvalue weighted by Gasteiger charge is 2.53. The molecule has 2 heterocycles. The lowest BCUT2D eigenvalue weighted by Crippen LogP contribution is -2.69. The van der Waals surface area contributed by atoms with Crippen LogP contribution in [-0.4, -0.2) is 60.3 Å². The molecule has 3 heteroatoms. The Morgan fingerprint density at radius 2 is 2.00 bits per heavy atom. The summed E-state index contributed by atoms with van der Waals surface area (Å²) >= 11 is 0. The molecule has 0 radical (unpaired) electrons. The molecule has 3 fully saturated rings. The molecule has 3 rings (SSSR count). The van der Waals surface area contributed by atoms with Crippen LogP contribution in [0.5, 0.6) is 0 Å². The minimum atomic E-state index is 0.321. The molecule has 1 aliphatic carbocycles. The summed E-state index contributed by atoms with van der Waals surface area (Å²) in [7, 11) is 0. The first-order valence-electron chi connectivity index (χ1n) is 8.65. The van der Waals surface area contributed by atoms with E-state index in [9.17, 15) is 0 Å². The van der Waals surface area contributed by atoms with Gasteiger partial charge in [0.25, 0.3) is 0 Å². The summed E-state index contributed by atoms with van der Waals surface area (Å²) in [6.45, 7) is 14.1. The van der Waals surface area contributed by atoms with Crippen molar-refractivity contribution < 1.29 is 4.74 Å². The third-order valence-corrected chi connectivity index (χ3v) is 6.13. The van der Waals surface area contributed by atoms with Crippen molar-refractivity contribution in [1.29, 1.82) is 0 Å². The van der Waals surface area contributed by atoms with Crippen LogP contribution in [0.3, 0.4) is 0 Å². The van der Waals surface area contributed by atoms with Crippen molar-refractivity contribution in [3.8, 4) is 0 Å². The van der Waals surface area contributed by atoms with E-state index in [2.05, 4.69) is 37.5 Å². The minimum absolute atomic E-state index is 0.321. The van der Waals surface area contributed by atoms with Crippen LogP contribution in [0.15, 0.2) is 0 Å². The van der Waals surface area contributed by atoms with Gasteiger partial charge in [0.15, 0.2) is 0 Å². The molecule has 0 aromatic carbocycles. The van der Waals surface area contributed by atoms with Gasteiger partial charge in [0, 0.05) is 43.2 Å². The van der Waals surface area contributed by atoms with Crippen LogP contribution in [-0.2, 0) is 4.74 Å². The fourth-order valence-electron chi connectivity index (χ4n) is 4.72. The van der Waals surface area contributed by atoms with E-state index < -0.39 is 0 Å². The molecule has 3 nitrogen and oxygen atoms in total. The van der Waals surface area contributed by atoms with Crippen LogP contribution in [0.25, 0.3) is 0 Å². The van der Waals surface area contributed by atoms with Gasteiger partial charge in [-0.2, -0.15) is 0 Å². The zero-order valence-corrected chi connectivity index (χ0v) is 13.8. The highest BCUT2D eigenvalue weighted by atomic mass is 16.5. The normalized spacial score (nSPS) is 42.0. The van der Waals surface area contributed by atoms with Crippen molar-refractivity contribution in [3.05, 3.63) is 0 Å². The molecule has 0 spiro atoms. The predicted molar refractivity (Wildman–Crippen MR) is 83.0 cm³/mol. The third kappa shape index (κ3) is 2.42. The van der Waals surface area contributed by atoms with Crippen molar-refractivity contribution in [1.82, 2.24) is 9.80 Å². The average Bonchev–Trinajstić information content (AvgIpc) is 2.43. The van der Waals surface area contributed by atoms with E-state index >= 15 is 0 Å². The van der Waals surface area contributed by atoms with E-state index in [1.54, 1.807) is 0 Å². The summed E-state index contributed by atoms with van der Waals surface area (Å²) in [5, 5.41) is 0. The number of rotatable bonds is 3. The molecule has 4 atom stereocenters. The fraction of sp³-hybridized carbons (Fsp3) is 1.00. The summed E-state index contributed by atoms with van der Waals surface area (Å²) in [5.41, 5.74) is 0.321. The molecule has 4 unspecified atom stereocenters. The highest BCUT2D eigenvalue weighted by Crippen LogP contribution is 2.47. The standard InChI is InChI=1S/C17H32N2O/c1-5-20-16-10-15(17(16,3)4)19-12-14-8-6-7-9-18(14)11-13(19)2/h13-16H,5-12H2,1-4H3. The van der Waals surface area contributed by atoms with Crippen molar-refractivity contribution in [2.45, 2.75) is 77.6 Å². The lowest BCUT2D eigenvalue weighted by atomic mass is 9.63. The quantitative estimate of drug-likeness (QED) is 0.790. The Labute approximate surface area is 124 Å². The maximum atomic E-state index is 5.92. The number of hydrogen-bond acceptors (Lipinski definition) is 3. The van der Waals surface area contributed by atoms with Crippen LogP contribution < -0.4 is 0 Å². The van der Waals surface area contributed by atoms with Crippen molar-refractivity contribution in [2.75, 3.05) is 26.2 Å². The Hall–Kier alpha value is -0.120. The SMILES string of the molecule is CCOC1CC(N2CC3CCCCN3CC2C)C1(C)C. The van der Waals surface area contributed by atoms with Crippen LogP contribution in [0.2, 0.25) is 0 Å². The van der Waals surface area contributed by atoms with Gasteiger partial charge in [-0.15, -0.1) is 0 Å². The molecule has 3 aliphatic rings. The van der Waals surface area contributed by atoms with Crippen LogP contribution >= 0.6 is 0 Å². The van der Waals surface area contributed by atoms with E-state index in [1.807, 2.05) is 0 Å². The van der Waals surface area contributed by atoms with Gasteiger partial charge < -0.3 is 4.74 Å². The molecule has 2 saturated heterocycles. The van der Waals surface area contributed by atoms with E-state index in [0.29, 0.717) is 17.6 Å². The zero-order valence-electron chi connectivity index (χ0n) is 13.8. The van der Waals surface area contributed by atoms with E-state index in [0.717, 1.165) is 18.7 Å². The van der Waals surface area contributed by atoms with Gasteiger partial charge >= 0.3 is 0 Å². The maximum Gasteiger partial charge on any atom is 0.0655 e. The Balaban J connectivity index is 1.65. The topological polar surface area (TPSA) is 15.7 Å². The van der Waals surface area contributed by atoms with Gasteiger partial charge in [-0.05, 0) is 39.7 Å². The van der Waals surface area contributed by atoms with E-state index in [-0.39, 0.29) is 0 Å². The van der Waals surface area contributed by atoms with E-state index in [4.69, 9.17) is 4.74 Å². The van der Waals surface area contributed by atoms with Crippen molar-refractivity contribution in [2.24, 2.45) is 5.41 Å². The van der Waals surface area contributed by atoms with Gasteiger partial charge in [0.05, 0.1) is 6.10 Å². The first kappa shape index (κ1) is 14.8. The third-order valence-electron chi connectivity index (χ3n) is 6.13. The number of ether oxygens (including phenoxy) is 1. The van der Waals surface area contributed by atoms with Crippen molar-refractivity contribution >= 4 is 0 Å². The van der Waals surface area contributed by atoms with Crippen LogP contribution in [0.4, 0.5) is 0 Å². The first-order chi connectivity index (χ1) is 9.54. The average molecular weight is 280 g/mol.